The highest BCUT2D eigenvalue weighted by atomic mass is 32.1. The molecule has 4 rings (SSSR count). The maximum Gasteiger partial charge on any atom is 0.271 e. The summed E-state index contributed by atoms with van der Waals surface area (Å²) in [6.45, 7) is 22.6. The third kappa shape index (κ3) is 2.75. The molecule has 0 atom stereocenters. The van der Waals surface area contributed by atoms with Gasteiger partial charge in [0.1, 0.15) is 5.82 Å². The highest BCUT2D eigenvalue weighted by Gasteiger charge is 2.17. The predicted octanol–water partition coefficient (Wildman–Crippen LogP) is 5.43. The summed E-state index contributed by atoms with van der Waals surface area (Å²) in [4.78, 5) is 10.5. The monoisotopic (exact) mass is 410 g/mol. The van der Waals surface area contributed by atoms with Gasteiger partial charge in [0.05, 0.1) is 25.8 Å². The van der Waals surface area contributed by atoms with E-state index in [1.807, 2.05) is 29.0 Å². The van der Waals surface area contributed by atoms with Crippen LogP contribution in [-0.2, 0) is 0 Å². The van der Waals surface area contributed by atoms with Crippen molar-refractivity contribution in [1.29, 1.82) is 5.26 Å². The van der Waals surface area contributed by atoms with Gasteiger partial charge >= 0.3 is 0 Å². The lowest BCUT2D eigenvalue weighted by atomic mass is 10.0. The van der Waals surface area contributed by atoms with Gasteiger partial charge in [0.2, 0.25) is 0 Å². The summed E-state index contributed by atoms with van der Waals surface area (Å²) in [5, 5.41) is 15.8. The van der Waals surface area contributed by atoms with Crippen LogP contribution < -0.4 is 10.4 Å². The van der Waals surface area contributed by atoms with Gasteiger partial charge in [-0.05, 0) is 51.4 Å². The third-order valence-electron chi connectivity index (χ3n) is 4.46. The number of nitriles is 1. The summed E-state index contributed by atoms with van der Waals surface area (Å²) in [5.41, 5.74) is 0.680. The lowest BCUT2D eigenvalue weighted by Gasteiger charge is -2.06. The zero-order chi connectivity index (χ0) is 20.5. The van der Waals surface area contributed by atoms with Crippen molar-refractivity contribution in [3.8, 4) is 6.07 Å². The molecule has 4 nitrogen and oxygen atoms in total. The van der Waals surface area contributed by atoms with E-state index in [1.54, 1.807) is 0 Å². The fourth-order valence-corrected chi connectivity index (χ4v) is 5.22. The quantitative estimate of drug-likeness (QED) is 0.385. The SMILES string of the molecule is [C-]#[N+]/C(C#N)=c1/c2ccsc2/c(=C(/[N+]#[C-])c2ccc(F)cc2[N+]#[C-])c2ccsc12. The van der Waals surface area contributed by atoms with Crippen molar-refractivity contribution in [2.75, 3.05) is 0 Å². The predicted molar refractivity (Wildman–Crippen MR) is 114 cm³/mol. The fourth-order valence-electron chi connectivity index (χ4n) is 3.30. The van der Waals surface area contributed by atoms with E-state index in [9.17, 15) is 9.65 Å². The van der Waals surface area contributed by atoms with Crippen LogP contribution >= 0.6 is 22.7 Å². The molecule has 0 unspecified atom stereocenters. The van der Waals surface area contributed by atoms with Gasteiger partial charge in [-0.1, -0.05) is 6.07 Å². The molecule has 0 saturated heterocycles. The average Bonchev–Trinajstić information content (AvgIpc) is 3.40. The van der Waals surface area contributed by atoms with E-state index < -0.39 is 5.82 Å². The number of benzene rings is 2. The molecule has 0 aliphatic rings. The first kappa shape index (κ1) is 18.4. The summed E-state index contributed by atoms with van der Waals surface area (Å²) < 4.78 is 15.1. The normalized spacial score (nSPS) is 12.6. The molecule has 0 aliphatic heterocycles. The van der Waals surface area contributed by atoms with Crippen LogP contribution in [-0.4, -0.2) is 0 Å². The zero-order valence-corrected chi connectivity index (χ0v) is 16.2. The Hall–Kier alpha value is -4.01. The van der Waals surface area contributed by atoms with Crippen LogP contribution in [0.4, 0.5) is 10.1 Å². The van der Waals surface area contributed by atoms with E-state index in [-0.39, 0.29) is 17.1 Å². The summed E-state index contributed by atoms with van der Waals surface area (Å²) in [6.07, 6.45) is 0. The molecule has 2 aromatic heterocycles. The lowest BCUT2D eigenvalue weighted by Crippen LogP contribution is -2.15. The Morgan fingerprint density at radius 3 is 2.17 bits per heavy atom. The van der Waals surface area contributed by atoms with E-state index in [0.29, 0.717) is 16.0 Å². The molecule has 0 aliphatic carbocycles. The number of thiophene rings is 2. The number of nitrogens with zero attached hydrogens (tertiary/aromatic N) is 4. The van der Waals surface area contributed by atoms with Gasteiger partial charge in [-0.25, -0.2) is 24.2 Å². The largest absolute Gasteiger partial charge is 0.271 e. The van der Waals surface area contributed by atoms with Crippen LogP contribution in [0.15, 0.2) is 41.1 Å². The highest BCUT2D eigenvalue weighted by molar-refractivity contribution is 7.18. The van der Waals surface area contributed by atoms with Crippen molar-refractivity contribution in [3.05, 3.63) is 97.2 Å². The van der Waals surface area contributed by atoms with Crippen LogP contribution in [0.1, 0.15) is 5.56 Å². The van der Waals surface area contributed by atoms with Gasteiger partial charge in [0, 0.05) is 19.8 Å². The molecule has 0 spiro atoms. The second-order valence-corrected chi connectivity index (χ2v) is 7.71. The summed E-state index contributed by atoms with van der Waals surface area (Å²) >= 11 is 2.80. The first-order valence-electron chi connectivity index (χ1n) is 8.12. The highest BCUT2D eigenvalue weighted by Crippen LogP contribution is 2.30. The first-order valence-corrected chi connectivity index (χ1v) is 9.88. The maximum atomic E-state index is 13.6. The standard InChI is InChI=1S/C22H7FN4S2/c1-25-16-10-12(23)4-5-13(16)20(27-3)19-15-7-9-28-21(15)18(17(11-24)26-2)14-6-8-29-22(14)19/h4-10H/b18-17-,20-19+. The molecular weight excluding hydrogens is 403 g/mol. The second kappa shape index (κ2) is 7.19. The molecule has 134 valence electrons. The second-order valence-electron chi connectivity index (χ2n) is 5.88. The van der Waals surface area contributed by atoms with Gasteiger partial charge in [-0.15, -0.1) is 22.7 Å². The van der Waals surface area contributed by atoms with E-state index >= 15 is 0 Å². The minimum absolute atomic E-state index is 0.000363. The lowest BCUT2D eigenvalue weighted by molar-refractivity contribution is 0.628. The molecule has 0 fully saturated rings. The number of hydrogen-bond donors (Lipinski definition) is 0. The van der Waals surface area contributed by atoms with Crippen molar-refractivity contribution in [3.63, 3.8) is 0 Å². The Morgan fingerprint density at radius 1 is 0.931 bits per heavy atom. The Bertz CT molecular complexity index is 1540. The van der Waals surface area contributed by atoms with Gasteiger partial charge in [-0.3, -0.25) is 0 Å². The summed E-state index contributed by atoms with van der Waals surface area (Å²) in [5.74, 6) is -0.535. The molecule has 29 heavy (non-hydrogen) atoms. The van der Waals surface area contributed by atoms with E-state index in [0.717, 1.165) is 26.2 Å². The smallest absolute Gasteiger partial charge is 0.239 e. The van der Waals surface area contributed by atoms with Crippen molar-refractivity contribution in [2.45, 2.75) is 0 Å². The van der Waals surface area contributed by atoms with Crippen LogP contribution in [0.2, 0.25) is 0 Å². The molecular formula is C22H7FN4S2. The summed E-state index contributed by atoms with van der Waals surface area (Å²) in [7, 11) is 0. The van der Waals surface area contributed by atoms with E-state index in [1.165, 1.54) is 34.8 Å². The van der Waals surface area contributed by atoms with Crippen LogP contribution in [0.25, 0.3) is 46.1 Å². The Kier molecular flexibility index (Phi) is 4.55. The van der Waals surface area contributed by atoms with Gasteiger partial charge < -0.3 is 0 Å². The molecule has 0 N–H and O–H groups in total. The fraction of sp³-hybridized carbons (Fsp3) is 0. The molecule has 0 bridgehead atoms. The van der Waals surface area contributed by atoms with Crippen LogP contribution in [0, 0.1) is 36.9 Å². The molecule has 2 heterocycles. The van der Waals surface area contributed by atoms with Gasteiger partial charge in [0.25, 0.3) is 5.70 Å². The third-order valence-corrected chi connectivity index (χ3v) is 6.33. The van der Waals surface area contributed by atoms with Crippen molar-refractivity contribution >= 4 is 59.9 Å². The van der Waals surface area contributed by atoms with E-state index in [2.05, 4.69) is 14.5 Å². The van der Waals surface area contributed by atoms with Crippen LogP contribution in [0.3, 0.4) is 0 Å². The maximum absolute atomic E-state index is 13.6. The summed E-state index contributed by atoms with van der Waals surface area (Å²) in [6, 6.07) is 9.47. The zero-order valence-electron chi connectivity index (χ0n) is 14.5. The molecule has 2 aromatic carbocycles. The van der Waals surface area contributed by atoms with Gasteiger partial charge in [-0.2, -0.15) is 0 Å². The Morgan fingerprint density at radius 2 is 1.59 bits per heavy atom. The molecule has 0 radical (unpaired) electrons. The number of fused-ring (bicyclic) bond motifs is 2. The minimum atomic E-state index is -0.535. The first-order chi connectivity index (χ1) is 14.1. The van der Waals surface area contributed by atoms with Crippen molar-refractivity contribution < 1.29 is 4.39 Å². The Labute approximate surface area is 172 Å². The van der Waals surface area contributed by atoms with E-state index in [4.69, 9.17) is 19.7 Å². The number of rotatable bonds is 1. The van der Waals surface area contributed by atoms with Crippen LogP contribution in [0.5, 0.6) is 0 Å². The van der Waals surface area contributed by atoms with Crippen molar-refractivity contribution in [1.82, 2.24) is 0 Å². The molecule has 7 heteroatoms. The minimum Gasteiger partial charge on any atom is -0.239 e. The molecule has 4 aromatic rings. The van der Waals surface area contributed by atoms with Gasteiger partial charge in [0.15, 0.2) is 11.4 Å². The average molecular weight is 410 g/mol. The topological polar surface area (TPSA) is 36.9 Å². The molecule has 0 saturated carbocycles. The van der Waals surface area contributed by atoms with Crippen molar-refractivity contribution in [2.24, 2.45) is 0 Å². The molecule has 0 amide bonds. The Balaban J connectivity index is 2.38. The number of hydrogen-bond acceptors (Lipinski definition) is 3. The number of halogens is 1.